The molecule has 6 heteroatoms. The monoisotopic (exact) mass is 387 g/mol. The van der Waals surface area contributed by atoms with Gasteiger partial charge in [-0.2, -0.15) is 0 Å². The van der Waals surface area contributed by atoms with Crippen LogP contribution in [-0.2, 0) is 19.4 Å². The van der Waals surface area contributed by atoms with Crippen LogP contribution in [-0.4, -0.2) is 6.73 Å². The SMILES string of the molecule is O=c1oc2c3c(ccc2c2c1CCC2)OCN(c1cc(Cl)cc(Cl)c1)C3. The Balaban J connectivity index is 1.65. The number of benzene rings is 2. The van der Waals surface area contributed by atoms with Gasteiger partial charge in [-0.05, 0) is 55.2 Å². The molecule has 1 aliphatic heterocycles. The third-order valence-electron chi connectivity index (χ3n) is 5.14. The Morgan fingerprint density at radius 1 is 0.962 bits per heavy atom. The van der Waals surface area contributed by atoms with Crippen LogP contribution in [0.4, 0.5) is 5.69 Å². The molecule has 0 spiro atoms. The summed E-state index contributed by atoms with van der Waals surface area (Å²) in [5.74, 6) is 0.753. The molecule has 3 aromatic rings. The fraction of sp³-hybridized carbons (Fsp3) is 0.250. The number of nitrogens with zero attached hydrogens (tertiary/aromatic N) is 1. The highest BCUT2D eigenvalue weighted by Gasteiger charge is 2.26. The van der Waals surface area contributed by atoms with Gasteiger partial charge in [0.1, 0.15) is 11.3 Å². The standard InChI is InChI=1S/C20H15Cl2NO3/c21-11-6-12(22)8-13(7-11)23-9-17-18(25-10-23)5-4-15-14-2-1-3-16(14)20(24)26-19(15)17/h4-8H,1-3,9-10H2. The summed E-state index contributed by atoms with van der Waals surface area (Å²) in [6, 6.07) is 9.37. The van der Waals surface area contributed by atoms with E-state index in [9.17, 15) is 4.79 Å². The van der Waals surface area contributed by atoms with Crippen molar-refractivity contribution >= 4 is 39.9 Å². The molecule has 0 unspecified atom stereocenters. The van der Waals surface area contributed by atoms with Crippen LogP contribution in [0.5, 0.6) is 5.75 Å². The maximum atomic E-state index is 12.4. The van der Waals surface area contributed by atoms with Crippen molar-refractivity contribution < 1.29 is 9.15 Å². The van der Waals surface area contributed by atoms with Crippen LogP contribution in [0.1, 0.15) is 23.1 Å². The van der Waals surface area contributed by atoms with Crippen LogP contribution in [0, 0.1) is 0 Å². The molecule has 0 bridgehead atoms. The first kappa shape index (κ1) is 16.0. The second-order valence-electron chi connectivity index (χ2n) is 6.72. The second kappa shape index (κ2) is 5.93. The molecule has 0 fully saturated rings. The molecular weight excluding hydrogens is 373 g/mol. The highest BCUT2D eigenvalue weighted by atomic mass is 35.5. The van der Waals surface area contributed by atoms with Crippen LogP contribution in [0.2, 0.25) is 10.0 Å². The minimum atomic E-state index is -0.221. The Morgan fingerprint density at radius 2 is 1.73 bits per heavy atom. The number of aryl methyl sites for hydroxylation is 1. The third-order valence-corrected chi connectivity index (χ3v) is 5.58. The van der Waals surface area contributed by atoms with Crippen molar-refractivity contribution in [3.63, 3.8) is 0 Å². The van der Waals surface area contributed by atoms with E-state index in [0.29, 0.717) is 28.9 Å². The molecule has 4 nitrogen and oxygen atoms in total. The van der Waals surface area contributed by atoms with Gasteiger partial charge in [0.2, 0.25) is 0 Å². The molecule has 2 aliphatic rings. The van der Waals surface area contributed by atoms with Crippen LogP contribution >= 0.6 is 23.2 Å². The average molecular weight is 388 g/mol. The van der Waals surface area contributed by atoms with Crippen molar-refractivity contribution in [3.8, 4) is 5.75 Å². The van der Waals surface area contributed by atoms with Gasteiger partial charge in [-0.15, -0.1) is 0 Å². The van der Waals surface area contributed by atoms with Gasteiger partial charge in [-0.3, -0.25) is 0 Å². The molecule has 1 aliphatic carbocycles. The molecule has 2 aromatic carbocycles. The summed E-state index contributed by atoms with van der Waals surface area (Å²) in [5, 5.41) is 2.16. The number of hydrogen-bond donors (Lipinski definition) is 0. The number of fused-ring (bicyclic) bond motifs is 5. The van der Waals surface area contributed by atoms with E-state index in [4.69, 9.17) is 32.4 Å². The van der Waals surface area contributed by atoms with E-state index in [2.05, 4.69) is 0 Å². The Bertz CT molecular complexity index is 1090. The molecule has 5 rings (SSSR count). The lowest BCUT2D eigenvalue weighted by Gasteiger charge is -2.31. The summed E-state index contributed by atoms with van der Waals surface area (Å²) >= 11 is 12.3. The minimum Gasteiger partial charge on any atom is -0.473 e. The molecule has 0 saturated carbocycles. The van der Waals surface area contributed by atoms with Crippen LogP contribution in [0.25, 0.3) is 11.0 Å². The molecule has 0 amide bonds. The Hall–Kier alpha value is -2.17. The van der Waals surface area contributed by atoms with E-state index in [-0.39, 0.29) is 5.63 Å². The molecule has 1 aromatic heterocycles. The van der Waals surface area contributed by atoms with Gasteiger partial charge in [-0.1, -0.05) is 23.2 Å². The van der Waals surface area contributed by atoms with Crippen molar-refractivity contribution in [1.29, 1.82) is 0 Å². The van der Waals surface area contributed by atoms with Gasteiger partial charge in [0.25, 0.3) is 0 Å². The number of anilines is 1. The normalized spacial score (nSPS) is 15.7. The van der Waals surface area contributed by atoms with E-state index in [0.717, 1.165) is 52.8 Å². The van der Waals surface area contributed by atoms with Crippen LogP contribution in [0.15, 0.2) is 39.5 Å². The highest BCUT2D eigenvalue weighted by molar-refractivity contribution is 6.35. The van der Waals surface area contributed by atoms with Gasteiger partial charge in [-0.25, -0.2) is 4.79 Å². The topological polar surface area (TPSA) is 42.7 Å². The number of rotatable bonds is 1. The summed E-state index contributed by atoms with van der Waals surface area (Å²) < 4.78 is 11.6. The van der Waals surface area contributed by atoms with Gasteiger partial charge in [0.15, 0.2) is 6.73 Å². The first-order chi connectivity index (χ1) is 12.6. The third kappa shape index (κ3) is 2.48. The zero-order chi connectivity index (χ0) is 17.8. The predicted molar refractivity (Wildman–Crippen MR) is 103 cm³/mol. The van der Waals surface area contributed by atoms with E-state index in [1.54, 1.807) is 6.07 Å². The fourth-order valence-electron chi connectivity index (χ4n) is 3.94. The van der Waals surface area contributed by atoms with Crippen molar-refractivity contribution in [2.75, 3.05) is 11.6 Å². The van der Waals surface area contributed by atoms with E-state index >= 15 is 0 Å². The predicted octanol–water partition coefficient (Wildman–Crippen LogP) is 4.95. The number of halogens is 2. The molecule has 0 N–H and O–H groups in total. The largest absolute Gasteiger partial charge is 0.473 e. The zero-order valence-corrected chi connectivity index (χ0v) is 15.4. The molecule has 2 heterocycles. The summed E-state index contributed by atoms with van der Waals surface area (Å²) in [4.78, 5) is 14.4. The first-order valence-electron chi connectivity index (χ1n) is 8.54. The summed E-state index contributed by atoms with van der Waals surface area (Å²) in [6.07, 6.45) is 2.72. The molecule has 26 heavy (non-hydrogen) atoms. The van der Waals surface area contributed by atoms with E-state index in [1.165, 1.54) is 0 Å². The van der Waals surface area contributed by atoms with E-state index in [1.807, 2.05) is 29.2 Å². The summed E-state index contributed by atoms with van der Waals surface area (Å²) in [7, 11) is 0. The van der Waals surface area contributed by atoms with E-state index < -0.39 is 0 Å². The van der Waals surface area contributed by atoms with Gasteiger partial charge in [0.05, 0.1) is 12.1 Å². The fourth-order valence-corrected chi connectivity index (χ4v) is 4.46. The number of hydrogen-bond acceptors (Lipinski definition) is 4. The molecule has 0 saturated heterocycles. The second-order valence-corrected chi connectivity index (χ2v) is 7.59. The van der Waals surface area contributed by atoms with Crippen molar-refractivity contribution in [1.82, 2.24) is 0 Å². The van der Waals surface area contributed by atoms with Crippen molar-refractivity contribution in [2.45, 2.75) is 25.8 Å². The smallest absolute Gasteiger partial charge is 0.339 e. The lowest BCUT2D eigenvalue weighted by atomic mass is 10.0. The maximum Gasteiger partial charge on any atom is 0.339 e. The molecular formula is C20H15Cl2NO3. The van der Waals surface area contributed by atoms with Crippen LogP contribution in [0.3, 0.4) is 0 Å². The zero-order valence-electron chi connectivity index (χ0n) is 13.9. The van der Waals surface area contributed by atoms with Crippen molar-refractivity contribution in [2.24, 2.45) is 0 Å². The maximum absolute atomic E-state index is 12.4. The average Bonchev–Trinajstić information content (AvgIpc) is 3.11. The summed E-state index contributed by atoms with van der Waals surface area (Å²) in [5.41, 5.74) is 4.12. The Kier molecular flexibility index (Phi) is 3.66. The summed E-state index contributed by atoms with van der Waals surface area (Å²) in [6.45, 7) is 0.940. The Labute approximate surface area is 159 Å². The first-order valence-corrected chi connectivity index (χ1v) is 9.30. The lowest BCUT2D eigenvalue weighted by molar-refractivity contribution is 0.289. The highest BCUT2D eigenvalue weighted by Crippen LogP contribution is 2.37. The van der Waals surface area contributed by atoms with Gasteiger partial charge >= 0.3 is 5.63 Å². The number of ether oxygens (including phenoxy) is 1. The van der Waals surface area contributed by atoms with Crippen LogP contribution < -0.4 is 15.3 Å². The van der Waals surface area contributed by atoms with Gasteiger partial charge < -0.3 is 14.1 Å². The van der Waals surface area contributed by atoms with Crippen molar-refractivity contribution in [3.05, 3.63) is 67.5 Å². The quantitative estimate of drug-likeness (QED) is 0.554. The molecule has 132 valence electrons. The molecule has 0 radical (unpaired) electrons. The Morgan fingerprint density at radius 3 is 2.54 bits per heavy atom. The minimum absolute atomic E-state index is 0.221. The molecule has 0 atom stereocenters. The lowest BCUT2D eigenvalue weighted by Crippen LogP contribution is -2.32. The van der Waals surface area contributed by atoms with Gasteiger partial charge in [0, 0.05) is 26.7 Å².